The first-order valence-corrected chi connectivity index (χ1v) is 14.9. The highest BCUT2D eigenvalue weighted by Crippen LogP contribution is 2.35. The zero-order valence-corrected chi connectivity index (χ0v) is 25.7. The number of aliphatic hydroxyl groups is 1. The molecule has 0 unspecified atom stereocenters. The second-order valence-corrected chi connectivity index (χ2v) is 11.4. The molecule has 0 saturated carbocycles. The van der Waals surface area contributed by atoms with Gasteiger partial charge in [-0.2, -0.15) is 0 Å². The number of carbonyl (C=O) groups excluding carboxylic acids is 1. The molecule has 10 heteroatoms. The van der Waals surface area contributed by atoms with Crippen molar-refractivity contribution in [2.45, 2.75) is 13.0 Å². The normalized spacial score (nSPS) is 14.9. The van der Waals surface area contributed by atoms with Crippen molar-refractivity contribution in [3.63, 3.8) is 0 Å². The van der Waals surface area contributed by atoms with Gasteiger partial charge in [0, 0.05) is 87.8 Å². The van der Waals surface area contributed by atoms with Crippen LogP contribution < -0.4 is 25.2 Å². The fourth-order valence-corrected chi connectivity index (χ4v) is 5.99. The number of rotatable bonds is 7. The Bertz CT molecular complexity index is 1740. The minimum Gasteiger partial charge on any atom is -0.392 e. The zero-order valence-electron chi connectivity index (χ0n) is 25.7. The summed E-state index contributed by atoms with van der Waals surface area (Å²) in [6.07, 6.45) is 2.38. The molecule has 228 valence electrons. The molecule has 0 spiro atoms. The average Bonchev–Trinajstić information content (AvgIpc) is 3.05. The molecule has 3 aromatic carbocycles. The van der Waals surface area contributed by atoms with E-state index in [0.717, 1.165) is 35.7 Å². The molecular formula is C34H38N6O4. The number of nitrogens with zero attached hydrogens (tertiary/aromatic N) is 6. The van der Waals surface area contributed by atoms with E-state index in [4.69, 9.17) is 9.72 Å². The molecule has 1 fully saturated rings. The van der Waals surface area contributed by atoms with Crippen LogP contribution >= 0.6 is 0 Å². The third-order valence-electron chi connectivity index (χ3n) is 8.55. The van der Waals surface area contributed by atoms with Crippen LogP contribution in [0.5, 0.6) is 0 Å². The van der Waals surface area contributed by atoms with Crippen LogP contribution in [0.15, 0.2) is 71.7 Å². The van der Waals surface area contributed by atoms with Crippen LogP contribution in [-0.4, -0.2) is 74.6 Å². The van der Waals surface area contributed by atoms with Gasteiger partial charge in [0.05, 0.1) is 31.2 Å². The number of aliphatic hydroxyl groups excluding tert-OH is 1. The maximum absolute atomic E-state index is 13.7. The van der Waals surface area contributed by atoms with Gasteiger partial charge in [0.15, 0.2) is 5.82 Å². The van der Waals surface area contributed by atoms with Crippen LogP contribution in [0.3, 0.4) is 0 Å². The van der Waals surface area contributed by atoms with Gasteiger partial charge in [0.1, 0.15) is 0 Å². The monoisotopic (exact) mass is 594 g/mol. The molecule has 0 bridgehead atoms. The van der Waals surface area contributed by atoms with Crippen molar-refractivity contribution in [3.8, 4) is 11.3 Å². The lowest BCUT2D eigenvalue weighted by Gasteiger charge is -2.31. The van der Waals surface area contributed by atoms with Gasteiger partial charge in [-0.1, -0.05) is 12.1 Å². The summed E-state index contributed by atoms with van der Waals surface area (Å²) in [7, 11) is 7.49. The largest absolute Gasteiger partial charge is 0.392 e. The number of carbonyl (C=O) groups is 1. The molecule has 1 N–H and O–H groups in total. The van der Waals surface area contributed by atoms with Crippen molar-refractivity contribution in [2.24, 2.45) is 7.05 Å². The summed E-state index contributed by atoms with van der Waals surface area (Å²) in [5, 5.41) is 10.6. The molecule has 2 aliphatic rings. The van der Waals surface area contributed by atoms with Crippen molar-refractivity contribution in [3.05, 3.63) is 93.9 Å². The van der Waals surface area contributed by atoms with Crippen molar-refractivity contribution in [1.82, 2.24) is 9.55 Å². The van der Waals surface area contributed by atoms with E-state index in [-0.39, 0.29) is 23.9 Å². The molecule has 0 atom stereocenters. The first-order valence-electron chi connectivity index (χ1n) is 14.9. The molecule has 10 nitrogen and oxygen atoms in total. The van der Waals surface area contributed by atoms with Crippen LogP contribution in [0.1, 0.15) is 21.5 Å². The predicted octanol–water partition coefficient (Wildman–Crippen LogP) is 3.81. The summed E-state index contributed by atoms with van der Waals surface area (Å²) in [6, 6.07) is 19.6. The van der Waals surface area contributed by atoms with E-state index >= 15 is 0 Å². The number of benzene rings is 3. The number of hydrogen-bond acceptors (Lipinski definition) is 8. The number of morpholine rings is 1. The van der Waals surface area contributed by atoms with E-state index in [1.165, 1.54) is 4.57 Å². The van der Waals surface area contributed by atoms with Gasteiger partial charge in [0.25, 0.3) is 11.5 Å². The quantitative estimate of drug-likeness (QED) is 0.345. The Morgan fingerprint density at radius 1 is 0.909 bits per heavy atom. The fourth-order valence-electron chi connectivity index (χ4n) is 5.99. The Balaban J connectivity index is 1.33. The summed E-state index contributed by atoms with van der Waals surface area (Å²) < 4.78 is 6.98. The first-order chi connectivity index (χ1) is 21.3. The smallest absolute Gasteiger partial charge is 0.293 e. The van der Waals surface area contributed by atoms with Gasteiger partial charge >= 0.3 is 0 Å². The SMILES string of the molecule is CN(C)c1ccc2c(c1)CCN(c1cccc(-c3cn(C)c(=O)c(N(C)c4ccc(N5CCOCC5)cc4)n3)c1CO)C2=O. The number of anilines is 5. The van der Waals surface area contributed by atoms with Crippen molar-refractivity contribution in [2.75, 3.05) is 73.6 Å². The number of aromatic nitrogens is 2. The van der Waals surface area contributed by atoms with Crippen LogP contribution in [0, 0.1) is 0 Å². The Morgan fingerprint density at radius 2 is 1.64 bits per heavy atom. The minimum atomic E-state index is -0.291. The number of hydrogen-bond donors (Lipinski definition) is 1. The Hall–Kier alpha value is -4.67. The molecule has 3 heterocycles. The van der Waals surface area contributed by atoms with Gasteiger partial charge in [-0.15, -0.1) is 0 Å². The second-order valence-electron chi connectivity index (χ2n) is 11.4. The lowest BCUT2D eigenvalue weighted by Crippen LogP contribution is -2.38. The summed E-state index contributed by atoms with van der Waals surface area (Å²) in [5.74, 6) is 0.163. The predicted molar refractivity (Wildman–Crippen MR) is 175 cm³/mol. The van der Waals surface area contributed by atoms with Gasteiger partial charge in [-0.05, 0) is 60.5 Å². The van der Waals surface area contributed by atoms with E-state index in [0.29, 0.717) is 54.3 Å². The summed E-state index contributed by atoms with van der Waals surface area (Å²) in [5.41, 5.74) is 6.86. The maximum Gasteiger partial charge on any atom is 0.293 e. The van der Waals surface area contributed by atoms with E-state index in [1.54, 1.807) is 23.0 Å². The van der Waals surface area contributed by atoms with Crippen LogP contribution in [0.2, 0.25) is 0 Å². The maximum atomic E-state index is 13.7. The lowest BCUT2D eigenvalue weighted by molar-refractivity contribution is 0.0980. The summed E-state index contributed by atoms with van der Waals surface area (Å²) in [6.45, 7) is 3.32. The van der Waals surface area contributed by atoms with Gasteiger partial charge < -0.3 is 34.0 Å². The van der Waals surface area contributed by atoms with Crippen LogP contribution in [-0.2, 0) is 24.8 Å². The molecule has 6 rings (SSSR count). The topological polar surface area (TPSA) is 94.4 Å². The highest BCUT2D eigenvalue weighted by Gasteiger charge is 2.28. The van der Waals surface area contributed by atoms with Crippen molar-refractivity contribution in [1.29, 1.82) is 0 Å². The molecule has 2 aliphatic heterocycles. The fraction of sp³-hybridized carbons (Fsp3) is 0.324. The number of amides is 1. The van der Waals surface area contributed by atoms with E-state index in [9.17, 15) is 14.7 Å². The number of ether oxygens (including phenoxy) is 1. The Labute approximate surface area is 257 Å². The zero-order chi connectivity index (χ0) is 31.0. The minimum absolute atomic E-state index is 0.0993. The molecule has 1 amide bonds. The lowest BCUT2D eigenvalue weighted by atomic mass is 9.95. The van der Waals surface area contributed by atoms with Crippen LogP contribution in [0.25, 0.3) is 11.3 Å². The Kier molecular flexibility index (Phi) is 8.11. The molecule has 0 radical (unpaired) electrons. The number of aryl methyl sites for hydroxylation is 1. The van der Waals surface area contributed by atoms with Gasteiger partial charge in [-0.3, -0.25) is 9.59 Å². The highest BCUT2D eigenvalue weighted by atomic mass is 16.5. The standard InChI is InChI=1S/C34H38N6O4/c1-36(2)26-12-13-27-23(20-26)14-15-40(33(27)42)31-7-5-6-28(29(31)22-41)30-21-37(3)34(43)32(35-30)38(4)24-8-10-25(11-9-24)39-16-18-44-19-17-39/h5-13,20-21,41H,14-19,22H2,1-4H3. The summed E-state index contributed by atoms with van der Waals surface area (Å²) >= 11 is 0. The highest BCUT2D eigenvalue weighted by molar-refractivity contribution is 6.09. The van der Waals surface area contributed by atoms with Crippen LogP contribution in [0.4, 0.5) is 28.6 Å². The molecule has 0 aliphatic carbocycles. The third-order valence-corrected chi connectivity index (χ3v) is 8.55. The van der Waals surface area contributed by atoms with E-state index < -0.39 is 0 Å². The van der Waals surface area contributed by atoms with E-state index in [1.807, 2.05) is 80.6 Å². The Morgan fingerprint density at radius 3 is 2.34 bits per heavy atom. The third kappa shape index (κ3) is 5.42. The first kappa shape index (κ1) is 29.4. The average molecular weight is 595 g/mol. The van der Waals surface area contributed by atoms with Crippen molar-refractivity contribution < 1.29 is 14.6 Å². The molecule has 1 aromatic heterocycles. The van der Waals surface area contributed by atoms with Gasteiger partial charge in [-0.25, -0.2) is 4.98 Å². The molecule has 4 aromatic rings. The molecule has 1 saturated heterocycles. The second kappa shape index (κ2) is 12.1. The molecular weight excluding hydrogens is 556 g/mol. The number of fused-ring (bicyclic) bond motifs is 1. The molecule has 44 heavy (non-hydrogen) atoms. The van der Waals surface area contributed by atoms with E-state index in [2.05, 4.69) is 11.0 Å². The van der Waals surface area contributed by atoms with Crippen molar-refractivity contribution >= 4 is 34.5 Å². The van der Waals surface area contributed by atoms with Gasteiger partial charge in [0.2, 0.25) is 0 Å². The summed E-state index contributed by atoms with van der Waals surface area (Å²) in [4.78, 5) is 39.6.